The first-order valence-electron chi connectivity index (χ1n) is 7.85. The molecule has 3 aromatic rings. The number of nitrogens with zero attached hydrogens (tertiary/aromatic N) is 1. The van der Waals surface area contributed by atoms with Gasteiger partial charge in [0.05, 0.1) is 23.1 Å². The average Bonchev–Trinajstić information content (AvgIpc) is 3.25. The second-order valence-electron chi connectivity index (χ2n) is 5.94. The van der Waals surface area contributed by atoms with Gasteiger partial charge >= 0.3 is 0 Å². The minimum Gasteiger partial charge on any atom is -0.345 e. The topological polar surface area (TPSA) is 74.8 Å². The number of sulfonamides is 1. The number of H-pyrrole nitrogens is 1. The first-order valence-corrected chi connectivity index (χ1v) is 9.34. The molecule has 122 valence electrons. The van der Waals surface area contributed by atoms with E-state index in [-0.39, 0.29) is 0 Å². The van der Waals surface area contributed by atoms with Crippen LogP contribution in [-0.4, -0.2) is 18.4 Å². The van der Waals surface area contributed by atoms with E-state index in [1.165, 1.54) is 5.56 Å². The minimum absolute atomic E-state index is 0.315. The van der Waals surface area contributed by atoms with Gasteiger partial charge in [0.2, 0.25) is 0 Å². The van der Waals surface area contributed by atoms with Crippen molar-refractivity contribution in [2.24, 2.45) is 0 Å². The van der Waals surface area contributed by atoms with Crippen LogP contribution in [0, 0.1) is 0 Å². The van der Waals surface area contributed by atoms with E-state index in [0.29, 0.717) is 10.6 Å². The van der Waals surface area contributed by atoms with Crippen LogP contribution in [0.3, 0.4) is 0 Å². The van der Waals surface area contributed by atoms with Gasteiger partial charge in [0, 0.05) is 11.3 Å². The molecule has 2 aromatic carbocycles. The van der Waals surface area contributed by atoms with Gasteiger partial charge in [-0.15, -0.1) is 0 Å². The van der Waals surface area contributed by atoms with Crippen molar-refractivity contribution < 1.29 is 8.42 Å². The largest absolute Gasteiger partial charge is 0.345 e. The number of aromatic amines is 1. The van der Waals surface area contributed by atoms with Crippen LogP contribution in [0.1, 0.15) is 17.5 Å². The standard InChI is InChI=1S/C18H17N3O2S/c22-24(23,17-8-7-13-3-1-4-14(13)10-17)21-16-6-2-5-15(9-16)18-11-19-12-20-18/h2,5-12,21H,1,3-4H2,(H,19,20). The van der Waals surface area contributed by atoms with Gasteiger partial charge in [0.1, 0.15) is 0 Å². The van der Waals surface area contributed by atoms with Crippen molar-refractivity contribution in [3.05, 3.63) is 66.1 Å². The Morgan fingerprint density at radius 1 is 1.04 bits per heavy atom. The maximum atomic E-state index is 12.7. The van der Waals surface area contributed by atoms with Crippen LogP contribution in [0.4, 0.5) is 5.69 Å². The quantitative estimate of drug-likeness (QED) is 0.765. The Kier molecular flexibility index (Phi) is 3.61. The summed E-state index contributed by atoms with van der Waals surface area (Å²) in [6.07, 6.45) is 6.38. The molecule has 1 aromatic heterocycles. The van der Waals surface area contributed by atoms with Crippen molar-refractivity contribution in [1.29, 1.82) is 0 Å². The van der Waals surface area contributed by atoms with Gasteiger partial charge in [-0.05, 0) is 54.7 Å². The molecular formula is C18H17N3O2S. The van der Waals surface area contributed by atoms with E-state index < -0.39 is 10.0 Å². The number of anilines is 1. The zero-order valence-electron chi connectivity index (χ0n) is 13.0. The number of aromatic nitrogens is 2. The number of fused-ring (bicyclic) bond motifs is 1. The fourth-order valence-electron chi connectivity index (χ4n) is 3.09. The molecule has 1 heterocycles. The summed E-state index contributed by atoms with van der Waals surface area (Å²) in [6.45, 7) is 0. The van der Waals surface area contributed by atoms with Crippen molar-refractivity contribution in [2.75, 3.05) is 4.72 Å². The number of benzene rings is 2. The van der Waals surface area contributed by atoms with Gasteiger partial charge in [0.25, 0.3) is 10.0 Å². The van der Waals surface area contributed by atoms with E-state index in [0.717, 1.165) is 36.1 Å². The summed E-state index contributed by atoms with van der Waals surface area (Å²) in [5.41, 5.74) is 4.65. The number of nitrogens with one attached hydrogen (secondary N) is 2. The van der Waals surface area contributed by atoms with Crippen LogP contribution in [0.5, 0.6) is 0 Å². The molecule has 24 heavy (non-hydrogen) atoms. The Labute approximate surface area is 140 Å². The molecule has 0 fully saturated rings. The number of aryl methyl sites for hydroxylation is 2. The molecule has 0 aliphatic heterocycles. The fourth-order valence-corrected chi connectivity index (χ4v) is 4.19. The third-order valence-corrected chi connectivity index (χ3v) is 5.68. The van der Waals surface area contributed by atoms with E-state index in [9.17, 15) is 8.42 Å². The lowest BCUT2D eigenvalue weighted by atomic mass is 10.1. The Balaban J connectivity index is 1.63. The number of rotatable bonds is 4. The molecule has 0 bridgehead atoms. The molecule has 6 heteroatoms. The summed E-state index contributed by atoms with van der Waals surface area (Å²) in [7, 11) is -3.60. The summed E-state index contributed by atoms with van der Waals surface area (Å²) in [5, 5.41) is 0. The Morgan fingerprint density at radius 3 is 2.75 bits per heavy atom. The Bertz CT molecular complexity index is 979. The third kappa shape index (κ3) is 2.80. The second kappa shape index (κ2) is 5.79. The highest BCUT2D eigenvalue weighted by Crippen LogP contribution is 2.27. The molecule has 0 saturated heterocycles. The van der Waals surface area contributed by atoms with Gasteiger partial charge in [-0.2, -0.15) is 0 Å². The summed E-state index contributed by atoms with van der Waals surface area (Å²) >= 11 is 0. The second-order valence-corrected chi connectivity index (χ2v) is 7.62. The molecule has 0 saturated carbocycles. The van der Waals surface area contributed by atoms with Crippen LogP contribution in [0.25, 0.3) is 11.3 Å². The predicted molar refractivity (Wildman–Crippen MR) is 93.3 cm³/mol. The Hall–Kier alpha value is -2.60. The lowest BCUT2D eigenvalue weighted by Gasteiger charge is -2.10. The predicted octanol–water partition coefficient (Wildman–Crippen LogP) is 3.37. The zero-order chi connectivity index (χ0) is 16.6. The number of hydrogen-bond donors (Lipinski definition) is 2. The van der Waals surface area contributed by atoms with Gasteiger partial charge in [-0.25, -0.2) is 13.4 Å². The SMILES string of the molecule is O=S(=O)(Nc1cccc(-c2cnc[nH]2)c1)c1ccc2c(c1)CCC2. The van der Waals surface area contributed by atoms with Crippen LogP contribution in [0.15, 0.2) is 59.9 Å². The van der Waals surface area contributed by atoms with Crippen molar-refractivity contribution in [1.82, 2.24) is 9.97 Å². The number of imidazole rings is 1. The molecule has 0 amide bonds. The molecule has 0 unspecified atom stereocenters. The molecule has 0 atom stereocenters. The van der Waals surface area contributed by atoms with Crippen LogP contribution >= 0.6 is 0 Å². The summed E-state index contributed by atoms with van der Waals surface area (Å²) in [5.74, 6) is 0. The first-order chi connectivity index (χ1) is 11.6. The van der Waals surface area contributed by atoms with Crippen molar-refractivity contribution in [3.63, 3.8) is 0 Å². The van der Waals surface area contributed by atoms with Crippen molar-refractivity contribution in [2.45, 2.75) is 24.2 Å². The van der Waals surface area contributed by atoms with E-state index in [2.05, 4.69) is 14.7 Å². The van der Waals surface area contributed by atoms with Gasteiger partial charge < -0.3 is 4.98 Å². The molecule has 1 aliphatic rings. The van der Waals surface area contributed by atoms with Crippen molar-refractivity contribution >= 4 is 15.7 Å². The zero-order valence-corrected chi connectivity index (χ0v) is 13.8. The minimum atomic E-state index is -3.60. The summed E-state index contributed by atoms with van der Waals surface area (Å²) in [4.78, 5) is 7.32. The van der Waals surface area contributed by atoms with Gasteiger partial charge in [-0.1, -0.05) is 18.2 Å². The first kappa shape index (κ1) is 15.0. The molecule has 2 N–H and O–H groups in total. The van der Waals surface area contributed by atoms with Gasteiger partial charge in [-0.3, -0.25) is 4.72 Å². The monoisotopic (exact) mass is 339 g/mol. The lowest BCUT2D eigenvalue weighted by Crippen LogP contribution is -2.13. The third-order valence-electron chi connectivity index (χ3n) is 4.30. The fraction of sp³-hybridized carbons (Fsp3) is 0.167. The normalized spacial score (nSPS) is 13.7. The van der Waals surface area contributed by atoms with Crippen LogP contribution in [0.2, 0.25) is 0 Å². The molecule has 5 nitrogen and oxygen atoms in total. The molecule has 4 rings (SSSR count). The van der Waals surface area contributed by atoms with E-state index in [1.807, 2.05) is 18.2 Å². The molecule has 1 aliphatic carbocycles. The molecule has 0 spiro atoms. The highest BCUT2D eigenvalue weighted by molar-refractivity contribution is 7.92. The smallest absolute Gasteiger partial charge is 0.261 e. The van der Waals surface area contributed by atoms with E-state index in [4.69, 9.17) is 0 Å². The Morgan fingerprint density at radius 2 is 1.92 bits per heavy atom. The van der Waals surface area contributed by atoms with E-state index in [1.54, 1.807) is 36.8 Å². The molecular weight excluding hydrogens is 322 g/mol. The molecule has 0 radical (unpaired) electrons. The van der Waals surface area contributed by atoms with Crippen LogP contribution < -0.4 is 4.72 Å². The maximum Gasteiger partial charge on any atom is 0.261 e. The van der Waals surface area contributed by atoms with Crippen LogP contribution in [-0.2, 0) is 22.9 Å². The van der Waals surface area contributed by atoms with Gasteiger partial charge in [0.15, 0.2) is 0 Å². The number of hydrogen-bond acceptors (Lipinski definition) is 3. The van der Waals surface area contributed by atoms with Crippen molar-refractivity contribution in [3.8, 4) is 11.3 Å². The highest BCUT2D eigenvalue weighted by Gasteiger charge is 2.18. The maximum absolute atomic E-state index is 12.7. The lowest BCUT2D eigenvalue weighted by molar-refractivity contribution is 0.601. The summed E-state index contributed by atoms with van der Waals surface area (Å²) < 4.78 is 28.0. The summed E-state index contributed by atoms with van der Waals surface area (Å²) in [6, 6.07) is 12.7. The average molecular weight is 339 g/mol. The highest BCUT2D eigenvalue weighted by atomic mass is 32.2. The van der Waals surface area contributed by atoms with E-state index >= 15 is 0 Å².